The second kappa shape index (κ2) is 5.25. The summed E-state index contributed by atoms with van der Waals surface area (Å²) in [5.41, 5.74) is 0. The second-order valence-electron chi connectivity index (χ2n) is 4.52. The maximum atomic E-state index is 12.7. The van der Waals surface area contributed by atoms with Gasteiger partial charge in [0.25, 0.3) is 0 Å². The quantitative estimate of drug-likeness (QED) is 0.869. The highest BCUT2D eigenvalue weighted by Crippen LogP contribution is 2.20. The molecule has 21 heavy (non-hydrogen) atoms. The standard InChI is InChI=1S/C14H11BrN2O3S/c15-11-4-6-12(7-5-11)21(19,20)13-3-1-2-10-8-17(18)9-16-14(10)13/h1-8,18H,9H2. The van der Waals surface area contributed by atoms with E-state index in [4.69, 9.17) is 0 Å². The van der Waals surface area contributed by atoms with Crippen molar-refractivity contribution >= 4 is 32.0 Å². The van der Waals surface area contributed by atoms with Crippen molar-refractivity contribution in [1.29, 1.82) is 0 Å². The first-order valence-corrected chi connectivity index (χ1v) is 8.38. The van der Waals surface area contributed by atoms with Gasteiger partial charge in [-0.05, 0) is 30.3 Å². The molecule has 0 bridgehead atoms. The lowest BCUT2D eigenvalue weighted by Gasteiger charge is -2.13. The third kappa shape index (κ3) is 2.59. The van der Waals surface area contributed by atoms with E-state index in [2.05, 4.69) is 20.9 Å². The van der Waals surface area contributed by atoms with E-state index in [1.807, 2.05) is 0 Å². The van der Waals surface area contributed by atoms with Crippen LogP contribution in [0.2, 0.25) is 0 Å². The molecule has 0 radical (unpaired) electrons. The van der Waals surface area contributed by atoms with E-state index in [0.717, 1.165) is 9.54 Å². The van der Waals surface area contributed by atoms with Gasteiger partial charge in [0, 0.05) is 15.9 Å². The van der Waals surface area contributed by atoms with Gasteiger partial charge in [-0.15, -0.1) is 0 Å². The van der Waals surface area contributed by atoms with Crippen LogP contribution in [0.5, 0.6) is 0 Å². The van der Waals surface area contributed by atoms with E-state index in [1.54, 1.807) is 36.4 Å². The summed E-state index contributed by atoms with van der Waals surface area (Å²) in [7, 11) is -3.65. The number of hydroxylamine groups is 2. The topological polar surface area (TPSA) is 70.0 Å². The maximum absolute atomic E-state index is 12.7. The Labute approximate surface area is 129 Å². The SMILES string of the molecule is O=S(=O)(c1ccc(Br)cc1)c1cccc2c1=NCN(O)C=2. The third-order valence-corrected chi connectivity index (χ3v) is 5.44. The van der Waals surface area contributed by atoms with Crippen molar-refractivity contribution in [1.82, 2.24) is 5.06 Å². The van der Waals surface area contributed by atoms with E-state index in [1.165, 1.54) is 12.3 Å². The van der Waals surface area contributed by atoms with Gasteiger partial charge in [-0.2, -0.15) is 0 Å². The molecule has 2 aromatic carbocycles. The van der Waals surface area contributed by atoms with E-state index in [-0.39, 0.29) is 16.5 Å². The van der Waals surface area contributed by atoms with Crippen molar-refractivity contribution in [3.05, 3.63) is 57.5 Å². The van der Waals surface area contributed by atoms with Gasteiger partial charge in [-0.3, -0.25) is 10.2 Å². The summed E-state index contributed by atoms with van der Waals surface area (Å²) in [4.78, 5) is 4.49. The summed E-state index contributed by atoms with van der Waals surface area (Å²) in [6, 6.07) is 11.3. The largest absolute Gasteiger partial charge is 0.287 e. The van der Waals surface area contributed by atoms with Crippen molar-refractivity contribution in [3.8, 4) is 0 Å². The Kier molecular flexibility index (Phi) is 3.56. The average molecular weight is 367 g/mol. The first-order valence-electron chi connectivity index (χ1n) is 6.10. The highest BCUT2D eigenvalue weighted by Gasteiger charge is 2.20. The molecule has 108 valence electrons. The summed E-state index contributed by atoms with van der Waals surface area (Å²) in [5, 5.41) is 11.3. The normalized spacial score (nSPS) is 14.1. The van der Waals surface area contributed by atoms with Gasteiger partial charge in [0.05, 0.1) is 15.1 Å². The van der Waals surface area contributed by atoms with Crippen molar-refractivity contribution in [2.75, 3.05) is 6.67 Å². The lowest BCUT2D eigenvalue weighted by Crippen LogP contribution is -2.37. The number of hydrogen-bond acceptors (Lipinski definition) is 5. The van der Waals surface area contributed by atoms with Crippen LogP contribution >= 0.6 is 15.9 Å². The molecule has 2 aromatic rings. The number of halogens is 1. The molecule has 0 fully saturated rings. The van der Waals surface area contributed by atoms with Crippen LogP contribution in [0.1, 0.15) is 0 Å². The van der Waals surface area contributed by atoms with Crippen LogP contribution in [0.15, 0.2) is 61.7 Å². The fourth-order valence-corrected chi connectivity index (χ4v) is 3.82. The average Bonchev–Trinajstić information content (AvgIpc) is 2.46. The van der Waals surface area contributed by atoms with Crippen molar-refractivity contribution in [2.24, 2.45) is 4.99 Å². The number of benzene rings is 2. The predicted molar refractivity (Wildman–Crippen MR) is 79.8 cm³/mol. The Morgan fingerprint density at radius 1 is 1.14 bits per heavy atom. The highest BCUT2D eigenvalue weighted by atomic mass is 79.9. The van der Waals surface area contributed by atoms with Gasteiger partial charge in [0.1, 0.15) is 6.67 Å². The van der Waals surface area contributed by atoms with Gasteiger partial charge in [-0.1, -0.05) is 28.1 Å². The Balaban J connectivity index is 2.25. The van der Waals surface area contributed by atoms with E-state index < -0.39 is 9.84 Å². The highest BCUT2D eigenvalue weighted by molar-refractivity contribution is 9.10. The molecule has 1 aliphatic rings. The molecule has 3 rings (SSSR count). The number of rotatable bonds is 2. The van der Waals surface area contributed by atoms with Crippen molar-refractivity contribution in [3.63, 3.8) is 0 Å². The van der Waals surface area contributed by atoms with Crippen LogP contribution in [-0.2, 0) is 9.84 Å². The minimum absolute atomic E-state index is 0.0138. The van der Waals surface area contributed by atoms with Crippen LogP contribution < -0.4 is 10.6 Å². The van der Waals surface area contributed by atoms with Crippen LogP contribution in [0.25, 0.3) is 6.20 Å². The molecule has 0 amide bonds. The number of hydrogen-bond donors (Lipinski definition) is 1. The van der Waals surface area contributed by atoms with Gasteiger partial charge in [-0.25, -0.2) is 13.5 Å². The molecular weight excluding hydrogens is 356 g/mol. The first kappa shape index (κ1) is 14.2. The summed E-state index contributed by atoms with van der Waals surface area (Å²) >= 11 is 3.28. The molecular formula is C14H11BrN2O3S. The smallest absolute Gasteiger partial charge is 0.208 e. The zero-order valence-electron chi connectivity index (χ0n) is 10.8. The maximum Gasteiger partial charge on any atom is 0.208 e. The van der Waals surface area contributed by atoms with Gasteiger partial charge < -0.3 is 0 Å². The summed E-state index contributed by atoms with van der Waals surface area (Å²) in [5.74, 6) is 0. The van der Waals surface area contributed by atoms with Crippen LogP contribution in [0.4, 0.5) is 0 Å². The van der Waals surface area contributed by atoms with Crippen molar-refractivity contribution < 1.29 is 13.6 Å². The molecule has 0 spiro atoms. The molecule has 0 atom stereocenters. The minimum atomic E-state index is -3.65. The third-order valence-electron chi connectivity index (χ3n) is 3.11. The second-order valence-corrected chi connectivity index (χ2v) is 7.35. The first-order chi connectivity index (χ1) is 9.98. The Hall–Kier alpha value is -1.70. The van der Waals surface area contributed by atoms with Crippen LogP contribution in [0, 0.1) is 0 Å². The molecule has 0 saturated carbocycles. The molecule has 5 nitrogen and oxygen atoms in total. The van der Waals surface area contributed by atoms with E-state index >= 15 is 0 Å². The molecule has 7 heteroatoms. The van der Waals surface area contributed by atoms with Crippen LogP contribution in [0.3, 0.4) is 0 Å². The van der Waals surface area contributed by atoms with E-state index in [9.17, 15) is 13.6 Å². The molecule has 1 N–H and O–H groups in total. The number of sulfone groups is 1. The number of nitrogens with zero attached hydrogens (tertiary/aromatic N) is 2. The molecule has 0 aliphatic carbocycles. The Morgan fingerprint density at radius 2 is 1.86 bits per heavy atom. The minimum Gasteiger partial charge on any atom is -0.287 e. The van der Waals surface area contributed by atoms with Gasteiger partial charge in [0.15, 0.2) is 0 Å². The Bertz CT molecular complexity index is 908. The summed E-state index contributed by atoms with van der Waals surface area (Å²) in [6.45, 7) is 0.0138. The summed E-state index contributed by atoms with van der Waals surface area (Å²) < 4.78 is 26.3. The number of para-hydroxylation sites is 1. The van der Waals surface area contributed by atoms with Crippen molar-refractivity contribution in [2.45, 2.75) is 9.79 Å². The van der Waals surface area contributed by atoms with Crippen LogP contribution in [-0.4, -0.2) is 25.4 Å². The zero-order valence-corrected chi connectivity index (χ0v) is 13.2. The lowest BCUT2D eigenvalue weighted by molar-refractivity contribution is -0.0200. The van der Waals surface area contributed by atoms with Gasteiger partial charge in [0.2, 0.25) is 9.84 Å². The summed E-state index contributed by atoms with van der Waals surface area (Å²) in [6.07, 6.45) is 1.46. The number of fused-ring (bicyclic) bond motifs is 1. The fourth-order valence-electron chi connectivity index (χ4n) is 2.11. The lowest BCUT2D eigenvalue weighted by atomic mass is 10.3. The Morgan fingerprint density at radius 3 is 2.57 bits per heavy atom. The molecule has 0 unspecified atom stereocenters. The predicted octanol–water partition coefficient (Wildman–Crippen LogP) is 1.30. The fraction of sp³-hybridized carbons (Fsp3) is 0.0714. The monoisotopic (exact) mass is 366 g/mol. The van der Waals surface area contributed by atoms with E-state index in [0.29, 0.717) is 10.6 Å². The molecule has 1 heterocycles. The zero-order chi connectivity index (χ0) is 15.0. The molecule has 0 aromatic heterocycles. The molecule has 1 aliphatic heterocycles. The van der Waals surface area contributed by atoms with Gasteiger partial charge >= 0.3 is 0 Å². The molecule has 0 saturated heterocycles.